The highest BCUT2D eigenvalue weighted by Gasteiger charge is 2.57. The Bertz CT molecular complexity index is 2210. The van der Waals surface area contributed by atoms with Crippen LogP contribution < -0.4 is 0 Å². The monoisotopic (exact) mass is 1160 g/mol. The van der Waals surface area contributed by atoms with Gasteiger partial charge < -0.3 is 102 Å². The fraction of sp³-hybridized carbons (Fsp3) is 0.667. The van der Waals surface area contributed by atoms with Crippen molar-refractivity contribution in [3.63, 3.8) is 0 Å². The van der Waals surface area contributed by atoms with Crippen LogP contribution in [0.25, 0.3) is 0 Å². The zero-order chi connectivity index (χ0) is 60.7. The van der Waals surface area contributed by atoms with Gasteiger partial charge in [0, 0.05) is 33.4 Å². The van der Waals surface area contributed by atoms with Crippen molar-refractivity contribution in [2.75, 3.05) is 26.4 Å². The lowest BCUT2D eigenvalue weighted by Crippen LogP contribution is -2.67. The summed E-state index contributed by atoms with van der Waals surface area (Å²) in [5.41, 5.74) is 0.586. The number of carbonyl (C=O) groups excluding carboxylic acids is 6. The van der Waals surface area contributed by atoms with E-state index in [0.29, 0.717) is 0 Å². The largest absolute Gasteiger partial charge is 0.459 e. The summed E-state index contributed by atoms with van der Waals surface area (Å²) >= 11 is 0. The number of aliphatic hydroxyl groups is 8. The van der Waals surface area contributed by atoms with Gasteiger partial charge in [-0.1, -0.05) is 36.5 Å². The number of carbonyl (C=O) groups is 6. The minimum atomic E-state index is -2.24. The lowest BCUT2D eigenvalue weighted by atomic mass is 9.95. The number of esters is 6. The lowest BCUT2D eigenvalue weighted by molar-refractivity contribution is -0.400. The molecule has 20 atom stereocenters. The van der Waals surface area contributed by atoms with Gasteiger partial charge in [0.25, 0.3) is 0 Å². The van der Waals surface area contributed by atoms with Gasteiger partial charge in [-0.3, -0.25) is 0 Å². The SMILES string of the molecule is CC=C(C)C(=O)OCC1OC(OC2OC(COC(=O)C(C)=CC)C(OC3OC(CO)C(OC(=O)C(C)=CC)C(OC(=O)C(C)=CC)C3O)C(O)C2O)C(O)C(O)C1OC1OC(CO)C(OC(=O)C(C)=CC)C(OC(=O)C(C)=CC)C1O. The van der Waals surface area contributed by atoms with Crippen LogP contribution in [0.2, 0.25) is 0 Å². The molecule has 456 valence electrons. The fourth-order valence-electron chi connectivity index (χ4n) is 8.06. The van der Waals surface area contributed by atoms with Crippen LogP contribution in [0.15, 0.2) is 69.9 Å². The van der Waals surface area contributed by atoms with Crippen molar-refractivity contribution < 1.29 is 131 Å². The molecular formula is C54H78O27. The maximum atomic E-state index is 13.1. The van der Waals surface area contributed by atoms with E-state index in [1.165, 1.54) is 91.8 Å². The van der Waals surface area contributed by atoms with E-state index in [1.54, 1.807) is 27.7 Å². The second kappa shape index (κ2) is 31.4. The van der Waals surface area contributed by atoms with Crippen LogP contribution in [0.1, 0.15) is 83.1 Å². The highest BCUT2D eigenvalue weighted by Crippen LogP contribution is 2.37. The van der Waals surface area contributed by atoms with Gasteiger partial charge >= 0.3 is 35.8 Å². The minimum Gasteiger partial charge on any atom is -0.459 e. The van der Waals surface area contributed by atoms with Crippen LogP contribution in [0.3, 0.4) is 0 Å². The molecule has 0 saturated carbocycles. The van der Waals surface area contributed by atoms with E-state index in [9.17, 15) is 69.6 Å². The third-order valence-corrected chi connectivity index (χ3v) is 14.0. The van der Waals surface area contributed by atoms with Crippen LogP contribution in [0, 0.1) is 0 Å². The van der Waals surface area contributed by atoms with Gasteiger partial charge in [-0.25, -0.2) is 28.8 Å². The first kappa shape index (κ1) is 68.2. The zero-order valence-electron chi connectivity index (χ0n) is 47.2. The molecule has 0 amide bonds. The molecule has 0 aromatic carbocycles. The van der Waals surface area contributed by atoms with Crippen molar-refractivity contribution in [2.24, 2.45) is 0 Å². The summed E-state index contributed by atoms with van der Waals surface area (Å²) in [7, 11) is 0. The predicted molar refractivity (Wildman–Crippen MR) is 274 cm³/mol. The Balaban J connectivity index is 1.71. The summed E-state index contributed by atoms with van der Waals surface area (Å²) in [5, 5.41) is 91.6. The van der Waals surface area contributed by atoms with Gasteiger partial charge in [-0.05, 0) is 83.1 Å². The van der Waals surface area contributed by atoms with E-state index in [1.807, 2.05) is 0 Å². The Labute approximate surface area is 468 Å². The third-order valence-electron chi connectivity index (χ3n) is 14.0. The van der Waals surface area contributed by atoms with E-state index in [2.05, 4.69) is 0 Å². The fourth-order valence-corrected chi connectivity index (χ4v) is 8.06. The molecule has 81 heavy (non-hydrogen) atoms. The third kappa shape index (κ3) is 16.9. The number of rotatable bonds is 22. The summed E-state index contributed by atoms with van der Waals surface area (Å²) in [5.74, 6) is -5.55. The second-order valence-electron chi connectivity index (χ2n) is 19.3. The molecule has 4 aliphatic rings. The van der Waals surface area contributed by atoms with Gasteiger partial charge in [-0.2, -0.15) is 0 Å². The lowest BCUT2D eigenvalue weighted by Gasteiger charge is -2.49. The standard InChI is InChI=1S/C54H78O27/c1-13-23(7)45(63)69-21-31-39(79-53-37(61)43(77-49(67)27(11)17-5)41(29(19-55)71-53)75-47(65)25(9)15-3)33(57)35(59)51(73-31)81-52-36(60)34(58)40(32(74-52)22-70-46(64)24(8)14-2)80-54-38(62)44(78-50(68)28(12)18-6)42(30(20-56)72-54)76-48(66)26(10)16-4/h13-18,29-44,51-62H,19-22H2,1-12H3. The van der Waals surface area contributed by atoms with Gasteiger partial charge in [0.1, 0.15) is 86.5 Å². The average Bonchev–Trinajstić information content (AvgIpc) is 3.46. The first-order chi connectivity index (χ1) is 38.3. The first-order valence-electron chi connectivity index (χ1n) is 26.1. The van der Waals surface area contributed by atoms with E-state index >= 15 is 0 Å². The summed E-state index contributed by atoms with van der Waals surface area (Å²) in [6, 6.07) is 0. The molecule has 27 heteroatoms. The molecule has 0 spiro atoms. The topological polar surface area (TPSA) is 384 Å². The summed E-state index contributed by atoms with van der Waals surface area (Å²) < 4.78 is 75.0. The molecule has 4 rings (SSSR count). The van der Waals surface area contributed by atoms with E-state index in [4.69, 9.17) is 61.6 Å². The molecule has 8 N–H and O–H groups in total. The van der Waals surface area contributed by atoms with E-state index in [-0.39, 0.29) is 33.4 Å². The maximum absolute atomic E-state index is 13.1. The quantitative estimate of drug-likeness (QED) is 0.0379. The number of hydrogen-bond donors (Lipinski definition) is 8. The molecule has 0 aromatic rings. The maximum Gasteiger partial charge on any atom is 0.333 e. The molecule has 4 heterocycles. The smallest absolute Gasteiger partial charge is 0.333 e. The molecule has 4 aliphatic heterocycles. The molecule has 0 bridgehead atoms. The van der Waals surface area contributed by atoms with Crippen LogP contribution in [-0.2, 0) is 90.3 Å². The van der Waals surface area contributed by atoms with Crippen LogP contribution in [0.5, 0.6) is 0 Å². The number of hydrogen-bond acceptors (Lipinski definition) is 27. The predicted octanol–water partition coefficient (Wildman–Crippen LogP) is -0.646. The Hall–Kier alpha value is -5.34. The molecular weight excluding hydrogens is 1080 g/mol. The first-order valence-corrected chi connectivity index (χ1v) is 26.1. The Morgan fingerprint density at radius 2 is 0.580 bits per heavy atom. The molecule has 4 saturated heterocycles. The van der Waals surface area contributed by atoms with Crippen molar-refractivity contribution in [1.29, 1.82) is 0 Å². The number of aliphatic hydroxyl groups excluding tert-OH is 8. The van der Waals surface area contributed by atoms with Gasteiger partial charge in [0.05, 0.1) is 13.2 Å². The Morgan fingerprint density at radius 3 is 0.852 bits per heavy atom. The molecule has 0 aromatic heterocycles. The summed E-state index contributed by atoms with van der Waals surface area (Å²) in [6.07, 6.45) is -30.0. The zero-order valence-corrected chi connectivity index (χ0v) is 47.2. The normalized spacial score (nSPS) is 35.6. The molecule has 20 unspecified atom stereocenters. The minimum absolute atomic E-state index is 0.0693. The molecule has 27 nitrogen and oxygen atoms in total. The van der Waals surface area contributed by atoms with Crippen molar-refractivity contribution >= 4 is 35.8 Å². The molecule has 0 radical (unpaired) electrons. The van der Waals surface area contributed by atoms with Crippen LogP contribution in [0.4, 0.5) is 0 Å². The van der Waals surface area contributed by atoms with Gasteiger partial charge in [0.2, 0.25) is 0 Å². The molecule has 4 fully saturated rings. The summed E-state index contributed by atoms with van der Waals surface area (Å²) in [6.45, 7) is 14.3. The van der Waals surface area contributed by atoms with Crippen molar-refractivity contribution in [3.8, 4) is 0 Å². The molecule has 0 aliphatic carbocycles. The second-order valence-corrected chi connectivity index (χ2v) is 19.3. The van der Waals surface area contributed by atoms with Crippen molar-refractivity contribution in [1.82, 2.24) is 0 Å². The Morgan fingerprint density at radius 1 is 0.333 bits per heavy atom. The number of allylic oxidation sites excluding steroid dienone is 6. The highest BCUT2D eigenvalue weighted by atomic mass is 16.8. The van der Waals surface area contributed by atoms with E-state index in [0.717, 1.165) is 0 Å². The van der Waals surface area contributed by atoms with Crippen molar-refractivity contribution in [2.45, 2.75) is 206 Å². The average molecular weight is 1160 g/mol. The van der Waals surface area contributed by atoms with Crippen molar-refractivity contribution in [3.05, 3.63) is 69.9 Å². The van der Waals surface area contributed by atoms with E-state index < -0.39 is 185 Å². The van der Waals surface area contributed by atoms with Crippen LogP contribution >= 0.6 is 0 Å². The Kier molecular flexibility index (Phi) is 26.4. The van der Waals surface area contributed by atoms with Gasteiger partial charge in [0.15, 0.2) is 49.6 Å². The highest BCUT2D eigenvalue weighted by molar-refractivity contribution is 5.90. The van der Waals surface area contributed by atoms with Crippen LogP contribution in [-0.4, -0.2) is 226 Å². The van der Waals surface area contributed by atoms with Gasteiger partial charge in [-0.15, -0.1) is 0 Å². The summed E-state index contributed by atoms with van der Waals surface area (Å²) in [4.78, 5) is 78.2. The number of ether oxygens (including phenoxy) is 13.